The van der Waals surface area contributed by atoms with Gasteiger partial charge in [0.05, 0.1) is 13.2 Å². The van der Waals surface area contributed by atoms with E-state index in [0.717, 1.165) is 54.7 Å². The molecule has 1 aliphatic rings. The first-order chi connectivity index (χ1) is 16.2. The Bertz CT molecular complexity index is 845. The highest BCUT2D eigenvalue weighted by Crippen LogP contribution is 2.39. The van der Waals surface area contributed by atoms with Gasteiger partial charge in [0.25, 0.3) is 0 Å². The van der Waals surface area contributed by atoms with Gasteiger partial charge in [0.1, 0.15) is 5.75 Å². The maximum absolute atomic E-state index is 15.2. The molecule has 0 spiro atoms. The Kier molecular flexibility index (Phi) is 11.1. The summed E-state index contributed by atoms with van der Waals surface area (Å²) in [6.45, 7) is 5.84. The van der Waals surface area contributed by atoms with Gasteiger partial charge in [-0.2, -0.15) is 0 Å². The molecule has 1 aliphatic carbocycles. The standard InChI is InChI=1S/C30H43FO2/c1-3-5-7-9-11-13-21-32-25-16-18-26-24(23-25)15-17-28-27(26)19-20-29(30(28)31)33-22-14-12-10-8-6-4-2/h16,18-20,23H,3-15,17,21-22H2,1-2H3. The van der Waals surface area contributed by atoms with Gasteiger partial charge in [-0.25, -0.2) is 4.39 Å². The van der Waals surface area contributed by atoms with Crippen molar-refractivity contribution in [1.29, 1.82) is 0 Å². The highest BCUT2D eigenvalue weighted by Gasteiger charge is 2.22. The molecule has 0 saturated heterocycles. The zero-order chi connectivity index (χ0) is 23.3. The number of fused-ring (bicyclic) bond motifs is 3. The lowest BCUT2D eigenvalue weighted by Crippen LogP contribution is -2.09. The molecule has 0 amide bonds. The molecule has 2 nitrogen and oxygen atoms in total. The monoisotopic (exact) mass is 454 g/mol. The molecule has 0 N–H and O–H groups in total. The molecule has 0 saturated carbocycles. The van der Waals surface area contributed by atoms with Crippen LogP contribution in [-0.4, -0.2) is 13.2 Å². The smallest absolute Gasteiger partial charge is 0.168 e. The third-order valence-electron chi connectivity index (χ3n) is 6.74. The van der Waals surface area contributed by atoms with Gasteiger partial charge in [0.2, 0.25) is 0 Å². The van der Waals surface area contributed by atoms with E-state index in [0.29, 0.717) is 18.8 Å². The van der Waals surface area contributed by atoms with Gasteiger partial charge >= 0.3 is 0 Å². The fraction of sp³-hybridized carbons (Fsp3) is 0.600. The highest BCUT2D eigenvalue weighted by atomic mass is 19.1. The maximum Gasteiger partial charge on any atom is 0.168 e. The first-order valence-corrected chi connectivity index (χ1v) is 13.4. The highest BCUT2D eigenvalue weighted by molar-refractivity contribution is 5.75. The van der Waals surface area contributed by atoms with E-state index >= 15 is 4.39 Å². The van der Waals surface area contributed by atoms with Crippen molar-refractivity contribution in [2.24, 2.45) is 0 Å². The van der Waals surface area contributed by atoms with Crippen molar-refractivity contribution in [2.75, 3.05) is 13.2 Å². The molecule has 33 heavy (non-hydrogen) atoms. The number of hydrogen-bond donors (Lipinski definition) is 0. The normalized spacial score (nSPS) is 12.3. The van der Waals surface area contributed by atoms with Gasteiger partial charge in [-0.15, -0.1) is 0 Å². The molecular formula is C30H43FO2. The van der Waals surface area contributed by atoms with Crippen molar-refractivity contribution >= 4 is 0 Å². The summed E-state index contributed by atoms with van der Waals surface area (Å²) < 4.78 is 27.0. The molecule has 182 valence electrons. The summed E-state index contributed by atoms with van der Waals surface area (Å²) in [5.41, 5.74) is 4.18. The molecule has 0 atom stereocenters. The molecule has 0 fully saturated rings. The van der Waals surface area contributed by atoms with Crippen LogP contribution in [-0.2, 0) is 12.8 Å². The Labute approximate surface area is 200 Å². The summed E-state index contributed by atoms with van der Waals surface area (Å²) in [5, 5.41) is 0. The fourth-order valence-corrected chi connectivity index (χ4v) is 4.73. The van der Waals surface area contributed by atoms with Crippen LogP contribution in [0, 0.1) is 5.82 Å². The van der Waals surface area contributed by atoms with Crippen molar-refractivity contribution in [3.05, 3.63) is 47.3 Å². The second kappa shape index (κ2) is 14.3. The molecule has 0 aromatic heterocycles. The lowest BCUT2D eigenvalue weighted by atomic mass is 9.85. The molecule has 2 aromatic rings. The van der Waals surface area contributed by atoms with E-state index < -0.39 is 0 Å². The zero-order valence-corrected chi connectivity index (χ0v) is 20.9. The Morgan fingerprint density at radius 1 is 0.667 bits per heavy atom. The number of unbranched alkanes of at least 4 members (excludes halogenated alkanes) is 10. The van der Waals surface area contributed by atoms with Gasteiger partial charge in [-0.05, 0) is 66.1 Å². The number of rotatable bonds is 16. The number of hydrogen-bond acceptors (Lipinski definition) is 2. The minimum atomic E-state index is -0.174. The number of aryl methyl sites for hydroxylation is 1. The second-order valence-electron chi connectivity index (χ2n) is 9.46. The first-order valence-electron chi connectivity index (χ1n) is 13.4. The predicted octanol–water partition coefficient (Wildman–Crippen LogP) is 9.07. The van der Waals surface area contributed by atoms with Crippen LogP contribution in [0.1, 0.15) is 102 Å². The average molecular weight is 455 g/mol. The SMILES string of the molecule is CCCCCCCCOc1ccc2c(c1)CCc1c-2ccc(OCCCCCCCC)c1F. The Balaban J connectivity index is 1.51. The minimum Gasteiger partial charge on any atom is -0.494 e. The van der Waals surface area contributed by atoms with Crippen molar-refractivity contribution in [1.82, 2.24) is 0 Å². The van der Waals surface area contributed by atoms with E-state index in [9.17, 15) is 0 Å². The summed E-state index contributed by atoms with van der Waals surface area (Å²) >= 11 is 0. The van der Waals surface area contributed by atoms with Crippen LogP contribution >= 0.6 is 0 Å². The minimum absolute atomic E-state index is 0.174. The van der Waals surface area contributed by atoms with E-state index in [1.807, 2.05) is 18.2 Å². The number of halogens is 1. The summed E-state index contributed by atoms with van der Waals surface area (Å²) in [6, 6.07) is 10.1. The molecule has 3 heteroatoms. The summed E-state index contributed by atoms with van der Waals surface area (Å²) in [5.74, 6) is 1.17. The van der Waals surface area contributed by atoms with Gasteiger partial charge in [0, 0.05) is 0 Å². The zero-order valence-electron chi connectivity index (χ0n) is 20.9. The largest absolute Gasteiger partial charge is 0.494 e. The Morgan fingerprint density at radius 3 is 1.97 bits per heavy atom. The van der Waals surface area contributed by atoms with Crippen molar-refractivity contribution in [2.45, 2.75) is 104 Å². The van der Waals surface area contributed by atoms with Crippen LogP contribution in [0.2, 0.25) is 0 Å². The molecule has 0 unspecified atom stereocenters. The summed E-state index contributed by atoms with van der Waals surface area (Å²) in [6.07, 6.45) is 16.4. The van der Waals surface area contributed by atoms with E-state index in [4.69, 9.17) is 9.47 Å². The van der Waals surface area contributed by atoms with Gasteiger partial charge in [-0.1, -0.05) is 90.2 Å². The van der Waals surface area contributed by atoms with Gasteiger partial charge in [0.15, 0.2) is 11.6 Å². The molecule has 0 bridgehead atoms. The van der Waals surface area contributed by atoms with E-state index in [1.165, 1.54) is 63.4 Å². The maximum atomic E-state index is 15.2. The Morgan fingerprint density at radius 2 is 1.27 bits per heavy atom. The lowest BCUT2D eigenvalue weighted by Gasteiger charge is -2.22. The molecule has 0 aliphatic heterocycles. The number of ether oxygens (including phenoxy) is 2. The molecule has 2 aromatic carbocycles. The van der Waals surface area contributed by atoms with Crippen LogP contribution in [0.15, 0.2) is 30.3 Å². The molecule has 3 rings (SSSR count). The van der Waals surface area contributed by atoms with Crippen LogP contribution in [0.4, 0.5) is 4.39 Å². The lowest BCUT2D eigenvalue weighted by molar-refractivity contribution is 0.289. The van der Waals surface area contributed by atoms with E-state index in [1.54, 1.807) is 0 Å². The van der Waals surface area contributed by atoms with Crippen molar-refractivity contribution < 1.29 is 13.9 Å². The fourth-order valence-electron chi connectivity index (χ4n) is 4.73. The topological polar surface area (TPSA) is 18.5 Å². The van der Waals surface area contributed by atoms with E-state index in [2.05, 4.69) is 26.0 Å². The third-order valence-corrected chi connectivity index (χ3v) is 6.74. The van der Waals surface area contributed by atoms with Crippen molar-refractivity contribution in [3.8, 4) is 22.6 Å². The quantitative estimate of drug-likeness (QED) is 0.235. The van der Waals surface area contributed by atoms with E-state index in [-0.39, 0.29) is 5.82 Å². The van der Waals surface area contributed by atoms with Gasteiger partial charge in [-0.3, -0.25) is 0 Å². The average Bonchev–Trinajstić information content (AvgIpc) is 2.83. The summed E-state index contributed by atoms with van der Waals surface area (Å²) in [4.78, 5) is 0. The molecule has 0 heterocycles. The van der Waals surface area contributed by atoms with Crippen LogP contribution in [0.25, 0.3) is 11.1 Å². The third kappa shape index (κ3) is 7.76. The Hall–Kier alpha value is -2.03. The van der Waals surface area contributed by atoms with Gasteiger partial charge < -0.3 is 9.47 Å². The molecular weight excluding hydrogens is 411 g/mol. The number of benzene rings is 2. The molecule has 0 radical (unpaired) electrons. The predicted molar refractivity (Wildman–Crippen MR) is 137 cm³/mol. The van der Waals surface area contributed by atoms with Crippen molar-refractivity contribution in [3.63, 3.8) is 0 Å². The summed E-state index contributed by atoms with van der Waals surface area (Å²) in [7, 11) is 0. The second-order valence-corrected chi connectivity index (χ2v) is 9.46. The van der Waals surface area contributed by atoms with Crippen LogP contribution in [0.5, 0.6) is 11.5 Å². The first kappa shape index (κ1) is 25.6. The van der Waals surface area contributed by atoms with Crippen LogP contribution in [0.3, 0.4) is 0 Å². The van der Waals surface area contributed by atoms with Crippen LogP contribution < -0.4 is 9.47 Å².